The number of benzene rings is 3. The molecule has 4 aliphatic rings. The zero-order chi connectivity index (χ0) is 36.3. The van der Waals surface area contributed by atoms with Crippen LogP contribution in [0.4, 0.5) is 4.79 Å². The Morgan fingerprint density at radius 1 is 1.02 bits per heavy atom. The summed E-state index contributed by atoms with van der Waals surface area (Å²) >= 11 is 0. The van der Waals surface area contributed by atoms with Crippen LogP contribution in [0.15, 0.2) is 115 Å². The van der Waals surface area contributed by atoms with Gasteiger partial charge in [-0.05, 0) is 121 Å². The number of allylic oxidation sites excluding steroid dienone is 8. The van der Waals surface area contributed by atoms with E-state index in [2.05, 4.69) is 90.8 Å². The maximum atomic E-state index is 14.0. The second-order valence-electron chi connectivity index (χ2n) is 14.7. The Labute approximate surface area is 307 Å². The van der Waals surface area contributed by atoms with Crippen LogP contribution >= 0.6 is 0 Å². The molecule has 3 aromatic carbocycles. The predicted octanol–water partition coefficient (Wildman–Crippen LogP) is 10.3. The first-order chi connectivity index (χ1) is 25.2. The Morgan fingerprint density at radius 2 is 1.85 bits per heavy atom. The third-order valence-corrected chi connectivity index (χ3v) is 10.8. The van der Waals surface area contributed by atoms with E-state index in [9.17, 15) is 9.59 Å². The number of nitrogens with one attached hydrogen (secondary N) is 1. The fraction of sp³-hybridized carbons (Fsp3) is 0.326. The lowest BCUT2D eigenvalue weighted by molar-refractivity contribution is -0.116. The molecule has 0 spiro atoms. The van der Waals surface area contributed by atoms with Gasteiger partial charge in [0.15, 0.2) is 5.78 Å². The first-order valence-electron chi connectivity index (χ1n) is 18.7. The lowest BCUT2D eigenvalue weighted by atomic mass is 9.70. The number of ketones is 1. The van der Waals surface area contributed by atoms with Gasteiger partial charge in [-0.25, -0.2) is 4.79 Å². The fourth-order valence-corrected chi connectivity index (χ4v) is 8.32. The van der Waals surface area contributed by atoms with E-state index in [0.29, 0.717) is 13.0 Å². The molecule has 2 atom stereocenters. The van der Waals surface area contributed by atoms with Crippen molar-refractivity contribution in [1.29, 1.82) is 0 Å². The zero-order valence-electron chi connectivity index (χ0n) is 30.5. The normalized spacial score (nSPS) is 21.2. The van der Waals surface area contributed by atoms with Crippen LogP contribution in [0.25, 0.3) is 27.6 Å². The van der Waals surface area contributed by atoms with Crippen LogP contribution in [0.3, 0.4) is 0 Å². The number of hydrogen-bond donors (Lipinski definition) is 2. The average Bonchev–Trinajstić information content (AvgIpc) is 3.58. The van der Waals surface area contributed by atoms with Crippen molar-refractivity contribution >= 4 is 39.5 Å². The maximum absolute atomic E-state index is 14.0. The quantitative estimate of drug-likeness (QED) is 0.229. The highest BCUT2D eigenvalue weighted by atomic mass is 16.6. The third-order valence-electron chi connectivity index (χ3n) is 10.8. The Balaban J connectivity index is 1.48. The summed E-state index contributed by atoms with van der Waals surface area (Å²) in [5.41, 5.74) is 16.8. The SMILES string of the molecule is CCC1C(=O)C2=CCCC=C2c2ccc3c(C(=C=CCC(C)(C)OC(N)=O)C4(c5cccc(C6=CC=CC=CN6)c5)CCCCCO4)cccc3c21. The number of fused-ring (bicyclic) bond motifs is 5. The van der Waals surface area contributed by atoms with Gasteiger partial charge in [0.05, 0.1) is 0 Å². The van der Waals surface area contributed by atoms with Crippen molar-refractivity contribution in [3.63, 3.8) is 0 Å². The van der Waals surface area contributed by atoms with Gasteiger partial charge in [0.2, 0.25) is 0 Å². The molecule has 266 valence electrons. The van der Waals surface area contributed by atoms with Crippen LogP contribution in [-0.2, 0) is 19.9 Å². The molecule has 0 aromatic heterocycles. The average molecular weight is 693 g/mol. The van der Waals surface area contributed by atoms with E-state index in [4.69, 9.17) is 15.2 Å². The number of Topliss-reactive ketones (excluding diaryl/α,β-unsaturated/α-hetero) is 1. The number of hydrogen-bond acceptors (Lipinski definition) is 5. The van der Waals surface area contributed by atoms with Crippen molar-refractivity contribution < 1.29 is 19.1 Å². The molecule has 0 radical (unpaired) electrons. The van der Waals surface area contributed by atoms with Crippen LogP contribution in [-0.4, -0.2) is 24.1 Å². The minimum atomic E-state index is -0.833. The molecule has 1 fully saturated rings. The monoisotopic (exact) mass is 692 g/mol. The van der Waals surface area contributed by atoms with Gasteiger partial charge in [0, 0.05) is 42.0 Å². The number of nitrogens with two attached hydrogens (primary N) is 1. The molecule has 2 heterocycles. The molecule has 1 saturated heterocycles. The standard InChI is InChI=1S/C46H48N2O4/c1-4-33-42-37-21-14-20-36(35(37)24-25-38(42)34-18-8-9-19-39(34)43(33)49)40(22-15-26-45(2,3)52-44(47)50)46(27-10-6-12-29-51-46)32-17-13-16-31(30-32)41-23-7-5-11-28-48-41/h5,7,11,13-21,23-25,28,30,33,48H,4,6,8-10,12,26-27,29H2,1-3H3,(H2,47,50). The molecule has 0 saturated carbocycles. The second kappa shape index (κ2) is 14.8. The van der Waals surface area contributed by atoms with Gasteiger partial charge in [-0.3, -0.25) is 4.79 Å². The first-order valence-corrected chi connectivity index (χ1v) is 18.7. The topological polar surface area (TPSA) is 90.7 Å². The minimum Gasteiger partial charge on any atom is -0.443 e. The van der Waals surface area contributed by atoms with E-state index in [1.54, 1.807) is 0 Å². The maximum Gasteiger partial charge on any atom is 0.405 e. The van der Waals surface area contributed by atoms with Gasteiger partial charge in [-0.1, -0.05) is 86.2 Å². The van der Waals surface area contributed by atoms with Crippen LogP contribution in [0.5, 0.6) is 0 Å². The second-order valence-corrected chi connectivity index (χ2v) is 14.7. The van der Waals surface area contributed by atoms with Crippen molar-refractivity contribution in [2.24, 2.45) is 5.73 Å². The highest BCUT2D eigenvalue weighted by molar-refractivity contribution is 6.19. The van der Waals surface area contributed by atoms with Crippen molar-refractivity contribution in [3.8, 4) is 0 Å². The zero-order valence-corrected chi connectivity index (χ0v) is 30.5. The molecule has 3 aromatic rings. The van der Waals surface area contributed by atoms with Crippen LogP contribution < -0.4 is 11.1 Å². The number of carbonyl (C=O) groups is 2. The molecule has 3 N–H and O–H groups in total. The lowest BCUT2D eigenvalue weighted by Crippen LogP contribution is -2.31. The van der Waals surface area contributed by atoms with Crippen molar-refractivity contribution in [2.45, 2.75) is 89.3 Å². The molecule has 2 unspecified atom stereocenters. The van der Waals surface area contributed by atoms with E-state index < -0.39 is 17.3 Å². The Bertz CT molecular complexity index is 2130. The summed E-state index contributed by atoms with van der Waals surface area (Å²) in [5.74, 6) is 0.00564. The van der Waals surface area contributed by atoms with Crippen LogP contribution in [0.1, 0.15) is 106 Å². The van der Waals surface area contributed by atoms with Gasteiger partial charge in [-0.2, -0.15) is 0 Å². The molecular formula is C46H48N2O4. The number of ether oxygens (including phenoxy) is 2. The Morgan fingerprint density at radius 3 is 2.67 bits per heavy atom. The van der Waals surface area contributed by atoms with Gasteiger partial charge in [0.25, 0.3) is 0 Å². The molecule has 1 amide bonds. The number of primary amides is 1. The van der Waals surface area contributed by atoms with Gasteiger partial charge in [0.1, 0.15) is 11.2 Å². The largest absolute Gasteiger partial charge is 0.443 e. The third kappa shape index (κ3) is 6.77. The highest BCUT2D eigenvalue weighted by Crippen LogP contribution is 2.50. The van der Waals surface area contributed by atoms with Crippen molar-refractivity contribution in [3.05, 3.63) is 142 Å². The molecule has 0 bridgehead atoms. The molecule has 52 heavy (non-hydrogen) atoms. The van der Waals surface area contributed by atoms with E-state index >= 15 is 0 Å². The predicted molar refractivity (Wildman–Crippen MR) is 210 cm³/mol. The van der Waals surface area contributed by atoms with Crippen LogP contribution in [0.2, 0.25) is 0 Å². The number of rotatable bonds is 8. The van der Waals surface area contributed by atoms with E-state index in [0.717, 1.165) is 106 Å². The molecule has 2 aliphatic heterocycles. The number of amides is 1. The highest BCUT2D eigenvalue weighted by Gasteiger charge is 2.41. The summed E-state index contributed by atoms with van der Waals surface area (Å²) in [6.07, 6.45) is 22.3. The summed E-state index contributed by atoms with van der Waals surface area (Å²) in [6.45, 7) is 6.42. The Kier molecular flexibility index (Phi) is 10.1. The number of carbonyl (C=O) groups excluding carboxylic acids is 2. The van der Waals surface area contributed by atoms with Gasteiger partial charge < -0.3 is 20.5 Å². The summed E-state index contributed by atoms with van der Waals surface area (Å²) in [4.78, 5) is 25.8. The fourth-order valence-electron chi connectivity index (χ4n) is 8.32. The minimum absolute atomic E-state index is 0.214. The molecule has 2 aliphatic carbocycles. The molecule has 6 nitrogen and oxygen atoms in total. The van der Waals surface area contributed by atoms with E-state index in [-0.39, 0.29) is 11.7 Å². The molecule has 6 heteroatoms. The van der Waals surface area contributed by atoms with E-state index in [1.807, 2.05) is 44.4 Å². The molecule has 7 rings (SSSR count). The van der Waals surface area contributed by atoms with Gasteiger partial charge >= 0.3 is 6.09 Å². The summed E-state index contributed by atoms with van der Waals surface area (Å²) in [7, 11) is 0. The van der Waals surface area contributed by atoms with Crippen molar-refractivity contribution in [2.75, 3.05) is 6.61 Å². The first kappa shape index (κ1) is 35.3. The van der Waals surface area contributed by atoms with Crippen LogP contribution in [0, 0.1) is 0 Å². The van der Waals surface area contributed by atoms with E-state index in [1.165, 1.54) is 0 Å². The Hall–Kier alpha value is -5.16. The lowest BCUT2D eigenvalue weighted by Gasteiger charge is -2.36. The summed E-state index contributed by atoms with van der Waals surface area (Å²) in [5, 5.41) is 5.57. The summed E-state index contributed by atoms with van der Waals surface area (Å²) in [6, 6.07) is 19.5. The van der Waals surface area contributed by atoms with Crippen molar-refractivity contribution in [1.82, 2.24) is 5.32 Å². The van der Waals surface area contributed by atoms with Gasteiger partial charge in [-0.15, -0.1) is 5.73 Å². The smallest absolute Gasteiger partial charge is 0.405 e. The summed E-state index contributed by atoms with van der Waals surface area (Å²) < 4.78 is 12.6. The molecular weight excluding hydrogens is 645 g/mol.